The van der Waals surface area contributed by atoms with E-state index in [9.17, 15) is 17.4 Å². The van der Waals surface area contributed by atoms with Crippen LogP contribution in [0.5, 0.6) is 0 Å². The van der Waals surface area contributed by atoms with E-state index in [4.69, 9.17) is 0 Å². The smallest absolute Gasteiger partial charge is 0.242 e. The molecule has 0 fully saturated rings. The number of unbranched alkanes of at least 4 members (excludes halogenated alkanes) is 5. The summed E-state index contributed by atoms with van der Waals surface area (Å²) in [6.07, 6.45) is 1.28. The zero-order valence-electron chi connectivity index (χ0n) is 13.0. The maximum Gasteiger partial charge on any atom is 0.404 e. The maximum absolute atomic E-state index is 12.9. The number of nitrogens with one attached hydrogen (secondary N) is 1. The lowest BCUT2D eigenvalue weighted by Crippen LogP contribution is -2.47. The Morgan fingerprint density at radius 2 is 1.50 bits per heavy atom. The highest BCUT2D eigenvalue weighted by Crippen LogP contribution is 2.26. The Bertz CT molecular complexity index is 287. The molecule has 0 amide bonds. The normalized spacial score (nSPS) is 16.1. The molecule has 0 aliphatic heterocycles. The van der Waals surface area contributed by atoms with Crippen molar-refractivity contribution in [3.63, 3.8) is 0 Å². The third-order valence-electron chi connectivity index (χ3n) is 3.05. The second-order valence-corrected chi connectivity index (χ2v) is 8.15. The molecule has 20 heavy (non-hydrogen) atoms. The lowest BCUT2D eigenvalue weighted by molar-refractivity contribution is -0.152. The Hall–Kier alpha value is -0.100. The van der Waals surface area contributed by atoms with E-state index in [1.54, 1.807) is 20.8 Å². The monoisotopic (exact) mass is 315 g/mol. The van der Waals surface area contributed by atoms with Gasteiger partial charge in [0.15, 0.2) is 0 Å². The zero-order chi connectivity index (χ0) is 15.8. The first-order chi connectivity index (χ1) is 9.09. The van der Waals surface area contributed by atoms with Crippen LogP contribution in [0.15, 0.2) is 0 Å². The highest BCUT2D eigenvalue weighted by Gasteiger charge is 2.41. The molecule has 1 unspecified atom stereocenters. The van der Waals surface area contributed by atoms with Crippen LogP contribution in [0.25, 0.3) is 0 Å². The van der Waals surface area contributed by atoms with E-state index < -0.39 is 28.0 Å². The van der Waals surface area contributed by atoms with Crippen LogP contribution in [0, 0.1) is 0 Å². The van der Waals surface area contributed by atoms with Gasteiger partial charge in [-0.1, -0.05) is 45.4 Å². The molecule has 0 aliphatic carbocycles. The molecule has 0 saturated carbocycles. The van der Waals surface area contributed by atoms with Gasteiger partial charge in [0.25, 0.3) is 0 Å². The van der Waals surface area contributed by atoms with Crippen molar-refractivity contribution in [3.05, 3.63) is 0 Å². The summed E-state index contributed by atoms with van der Waals surface area (Å²) in [6, 6.07) is -1.67. The minimum absolute atomic E-state index is 0.00253. The van der Waals surface area contributed by atoms with Gasteiger partial charge in [0.05, 0.1) is 15.7 Å². The van der Waals surface area contributed by atoms with Gasteiger partial charge >= 0.3 is 6.18 Å². The highest BCUT2D eigenvalue weighted by atomic mass is 32.2. The first kappa shape index (κ1) is 19.9. The van der Waals surface area contributed by atoms with Gasteiger partial charge in [0.1, 0.15) is 6.04 Å². The highest BCUT2D eigenvalue weighted by molar-refractivity contribution is 7.84. The van der Waals surface area contributed by atoms with Crippen LogP contribution in [0.2, 0.25) is 0 Å². The molecule has 0 heterocycles. The summed E-state index contributed by atoms with van der Waals surface area (Å²) in [5, 5.41) is 0. The Balaban J connectivity index is 4.22. The topological polar surface area (TPSA) is 29.1 Å². The van der Waals surface area contributed by atoms with E-state index in [0.29, 0.717) is 6.42 Å². The van der Waals surface area contributed by atoms with Crippen molar-refractivity contribution in [3.8, 4) is 0 Å². The molecule has 2 atom stereocenters. The minimum atomic E-state index is -4.34. The quantitative estimate of drug-likeness (QED) is 0.613. The molecule has 0 aromatic carbocycles. The van der Waals surface area contributed by atoms with Gasteiger partial charge in [-0.2, -0.15) is 13.2 Å². The second kappa shape index (κ2) is 9.03. The van der Waals surface area contributed by atoms with Crippen LogP contribution in [-0.2, 0) is 11.0 Å². The van der Waals surface area contributed by atoms with Crippen molar-refractivity contribution >= 4 is 11.0 Å². The molecule has 0 aromatic rings. The van der Waals surface area contributed by atoms with Crippen molar-refractivity contribution in [2.75, 3.05) is 0 Å². The van der Waals surface area contributed by atoms with Gasteiger partial charge in [0, 0.05) is 0 Å². The first-order valence-corrected chi connectivity index (χ1v) is 8.48. The van der Waals surface area contributed by atoms with Crippen molar-refractivity contribution in [2.24, 2.45) is 0 Å². The molecule has 0 spiro atoms. The Morgan fingerprint density at radius 1 is 1.00 bits per heavy atom. The molecule has 1 N–H and O–H groups in total. The van der Waals surface area contributed by atoms with E-state index >= 15 is 0 Å². The number of alkyl halides is 3. The number of halogens is 3. The molecule has 0 rings (SSSR count). The van der Waals surface area contributed by atoms with Crippen LogP contribution in [0.4, 0.5) is 13.2 Å². The van der Waals surface area contributed by atoms with Gasteiger partial charge < -0.3 is 0 Å². The lowest BCUT2D eigenvalue weighted by Gasteiger charge is -2.25. The van der Waals surface area contributed by atoms with E-state index in [1.807, 2.05) is 0 Å². The molecule has 6 heteroatoms. The third kappa shape index (κ3) is 8.95. The van der Waals surface area contributed by atoms with Gasteiger partial charge in [-0.3, -0.25) is 0 Å². The molecule has 0 aromatic heterocycles. The van der Waals surface area contributed by atoms with Gasteiger partial charge in [-0.25, -0.2) is 8.93 Å². The van der Waals surface area contributed by atoms with Crippen molar-refractivity contribution in [2.45, 2.75) is 89.6 Å². The predicted molar refractivity (Wildman–Crippen MR) is 78.9 cm³/mol. The molecule has 0 saturated heterocycles. The predicted octanol–water partition coefficient (Wildman–Crippen LogP) is 4.72. The van der Waals surface area contributed by atoms with Crippen LogP contribution >= 0.6 is 0 Å². The Kier molecular flexibility index (Phi) is 8.98. The molecule has 0 aliphatic rings. The molecule has 0 bridgehead atoms. The number of rotatable bonds is 9. The van der Waals surface area contributed by atoms with Gasteiger partial charge in [-0.05, 0) is 27.2 Å². The molecular formula is C14H28F3NOS. The summed E-state index contributed by atoms with van der Waals surface area (Å²) >= 11 is 0. The summed E-state index contributed by atoms with van der Waals surface area (Å²) in [7, 11) is -1.69. The number of hydrogen-bond acceptors (Lipinski definition) is 1. The zero-order valence-corrected chi connectivity index (χ0v) is 13.8. The summed E-state index contributed by atoms with van der Waals surface area (Å²) < 4.78 is 52.1. The Morgan fingerprint density at radius 3 is 1.95 bits per heavy atom. The van der Waals surface area contributed by atoms with Crippen LogP contribution in [0.3, 0.4) is 0 Å². The fourth-order valence-corrected chi connectivity index (χ4v) is 2.59. The van der Waals surface area contributed by atoms with E-state index in [1.165, 1.54) is 0 Å². The maximum atomic E-state index is 12.9. The first-order valence-electron chi connectivity index (χ1n) is 7.33. The van der Waals surface area contributed by atoms with Crippen LogP contribution in [-0.4, -0.2) is 21.2 Å². The molecule has 2 nitrogen and oxygen atoms in total. The van der Waals surface area contributed by atoms with E-state index in [0.717, 1.165) is 32.1 Å². The Labute approximate surface area is 123 Å². The standard InChI is InChI=1S/C14H28F3NOS/c1-5-6-7-8-9-10-11-12(14(15,16)17)18-20(19)13(2,3)4/h12,18H,5-11H2,1-4H3/t12-,20?/m0/s1. The third-order valence-corrected chi connectivity index (χ3v) is 4.66. The van der Waals surface area contributed by atoms with Gasteiger partial charge in [0.2, 0.25) is 0 Å². The SMILES string of the molecule is CCCCCCCC[C@H](NS(=O)C(C)(C)C)C(F)(F)F. The van der Waals surface area contributed by atoms with E-state index in [-0.39, 0.29) is 6.42 Å². The average Bonchev–Trinajstić information content (AvgIpc) is 2.29. The largest absolute Gasteiger partial charge is 0.404 e. The fraction of sp³-hybridized carbons (Fsp3) is 1.00. The van der Waals surface area contributed by atoms with Crippen LogP contribution < -0.4 is 4.72 Å². The van der Waals surface area contributed by atoms with Crippen molar-refractivity contribution < 1.29 is 17.4 Å². The summed E-state index contributed by atoms with van der Waals surface area (Å²) in [6.45, 7) is 7.09. The van der Waals surface area contributed by atoms with Crippen molar-refractivity contribution in [1.82, 2.24) is 4.72 Å². The molecular weight excluding hydrogens is 287 g/mol. The summed E-state index contributed by atoms with van der Waals surface area (Å²) in [4.78, 5) is 0. The van der Waals surface area contributed by atoms with Crippen molar-refractivity contribution in [1.29, 1.82) is 0 Å². The number of hydrogen-bond donors (Lipinski definition) is 1. The molecule has 122 valence electrons. The molecule has 0 radical (unpaired) electrons. The van der Waals surface area contributed by atoms with Gasteiger partial charge in [-0.15, -0.1) is 0 Å². The lowest BCUT2D eigenvalue weighted by atomic mass is 10.1. The summed E-state index contributed by atoms with van der Waals surface area (Å²) in [5.74, 6) is 0. The van der Waals surface area contributed by atoms with E-state index in [2.05, 4.69) is 11.6 Å². The average molecular weight is 315 g/mol. The second-order valence-electron chi connectivity index (χ2n) is 6.15. The van der Waals surface area contributed by atoms with Crippen LogP contribution in [0.1, 0.15) is 72.6 Å². The fourth-order valence-electron chi connectivity index (χ4n) is 1.72. The minimum Gasteiger partial charge on any atom is -0.242 e. The summed E-state index contributed by atoms with van der Waals surface area (Å²) in [5.41, 5.74) is 0.